The highest BCUT2D eigenvalue weighted by molar-refractivity contribution is 7.54. The van der Waals surface area contributed by atoms with Crippen LogP contribution in [0.2, 0.25) is 0 Å². The van der Waals surface area contributed by atoms with E-state index in [1.54, 1.807) is 0 Å². The van der Waals surface area contributed by atoms with Gasteiger partial charge in [0.1, 0.15) is 0 Å². The number of rotatable bonds is 7. The Balaban J connectivity index is 4.53. The Hall–Kier alpha value is -0.910. The van der Waals surface area contributed by atoms with Crippen LogP contribution in [-0.2, 0) is 13.6 Å². The smallest absolute Gasteiger partial charge is 0.401 e. The van der Waals surface area contributed by atoms with Crippen molar-refractivity contribution in [2.45, 2.75) is 19.8 Å². The number of nitrogens with two attached hydrogens (primary N) is 2. The summed E-state index contributed by atoms with van der Waals surface area (Å²) in [5, 5.41) is 14.5. The molecule has 0 fully saturated rings. The van der Waals surface area contributed by atoms with E-state index in [9.17, 15) is 4.57 Å². The number of unbranched alkanes of at least 4 members (excludes halogenated alkanes) is 1. The monoisotopic (exact) mass is 250 g/mol. The second-order valence-corrected chi connectivity index (χ2v) is 5.16. The molecule has 0 heterocycles. The minimum Gasteiger partial charge on any atom is -0.401 e. The number of hydrogen-bond acceptors (Lipinski definition) is 7. The van der Waals surface area contributed by atoms with Crippen molar-refractivity contribution in [1.29, 1.82) is 10.8 Å². The van der Waals surface area contributed by atoms with E-state index in [1.807, 2.05) is 6.92 Å². The Morgan fingerprint density at radius 2 is 1.62 bits per heavy atom. The minimum absolute atomic E-state index is 0.147. The highest BCUT2D eigenvalue weighted by Gasteiger charge is 2.28. The maximum Gasteiger partial charge on any atom is 0.432 e. The van der Waals surface area contributed by atoms with Gasteiger partial charge in [0.05, 0.1) is 19.3 Å². The van der Waals surface area contributed by atoms with E-state index >= 15 is 0 Å². The van der Waals surface area contributed by atoms with E-state index in [0.29, 0.717) is 6.42 Å². The lowest BCUT2D eigenvalue weighted by molar-refractivity contribution is 0.368. The molecule has 0 aromatic carbocycles. The van der Waals surface area contributed by atoms with Crippen LogP contribution >= 0.6 is 7.60 Å². The molecule has 0 amide bonds. The van der Waals surface area contributed by atoms with Crippen molar-refractivity contribution >= 4 is 19.4 Å². The average Bonchev–Trinajstić information content (AvgIpc) is 2.25. The zero-order chi connectivity index (χ0) is 12.6. The summed E-state index contributed by atoms with van der Waals surface area (Å²) in [5.74, 6) is -0.631. The molecule has 0 aromatic heterocycles. The summed E-state index contributed by atoms with van der Waals surface area (Å²) in [6, 6.07) is 0. The molecule has 0 saturated heterocycles. The SMILES string of the molecule is CCCCP(=O)(OC(=N)CN)OC(=N)CN. The topological polar surface area (TPSA) is 135 Å². The Bertz CT molecular complexity index is 273. The predicted molar refractivity (Wildman–Crippen MR) is 63.1 cm³/mol. The fourth-order valence-corrected chi connectivity index (χ4v) is 2.62. The van der Waals surface area contributed by atoms with E-state index in [1.165, 1.54) is 0 Å². The van der Waals surface area contributed by atoms with Crippen LogP contribution in [0.25, 0.3) is 0 Å². The van der Waals surface area contributed by atoms with Crippen LogP contribution < -0.4 is 11.5 Å². The van der Waals surface area contributed by atoms with E-state index in [0.717, 1.165) is 6.42 Å². The first-order valence-corrected chi connectivity index (χ1v) is 6.73. The molecule has 0 spiro atoms. The molecule has 16 heavy (non-hydrogen) atoms. The van der Waals surface area contributed by atoms with Gasteiger partial charge in [0.2, 0.25) is 11.8 Å². The van der Waals surface area contributed by atoms with Crippen molar-refractivity contribution in [1.82, 2.24) is 0 Å². The van der Waals surface area contributed by atoms with Crippen molar-refractivity contribution in [2.75, 3.05) is 19.3 Å². The quantitative estimate of drug-likeness (QED) is 0.302. The molecule has 0 aliphatic carbocycles. The maximum absolute atomic E-state index is 12.1. The summed E-state index contributed by atoms with van der Waals surface area (Å²) in [5.41, 5.74) is 10.3. The van der Waals surface area contributed by atoms with Gasteiger partial charge in [0.15, 0.2) is 0 Å². The summed E-state index contributed by atoms with van der Waals surface area (Å²) in [7, 11) is -3.49. The van der Waals surface area contributed by atoms with Gasteiger partial charge in [-0.25, -0.2) is 4.57 Å². The summed E-state index contributed by atoms with van der Waals surface area (Å²) < 4.78 is 21.8. The molecule has 0 aromatic rings. The molecule has 6 N–H and O–H groups in total. The lowest BCUT2D eigenvalue weighted by Gasteiger charge is -2.19. The molecule has 0 bridgehead atoms. The third-order valence-corrected chi connectivity index (χ3v) is 3.52. The van der Waals surface area contributed by atoms with Gasteiger partial charge in [0, 0.05) is 0 Å². The van der Waals surface area contributed by atoms with Crippen LogP contribution in [0.4, 0.5) is 0 Å². The van der Waals surface area contributed by atoms with Gasteiger partial charge in [-0.1, -0.05) is 13.3 Å². The maximum atomic E-state index is 12.1. The highest BCUT2D eigenvalue weighted by Crippen LogP contribution is 2.49. The van der Waals surface area contributed by atoms with E-state index in [2.05, 4.69) is 0 Å². The van der Waals surface area contributed by atoms with Crippen LogP contribution in [0, 0.1) is 10.8 Å². The molecule has 0 aliphatic heterocycles. The third kappa shape index (κ3) is 5.85. The van der Waals surface area contributed by atoms with Crippen LogP contribution in [0.1, 0.15) is 19.8 Å². The fourth-order valence-electron chi connectivity index (χ4n) is 0.872. The summed E-state index contributed by atoms with van der Waals surface area (Å²) in [4.78, 5) is 0. The molecule has 7 nitrogen and oxygen atoms in total. The zero-order valence-corrected chi connectivity index (χ0v) is 10.3. The minimum atomic E-state index is -3.49. The Labute approximate surface area is 95.0 Å². The molecule has 0 atom stereocenters. The standard InChI is InChI=1S/C8H19N4O3P/c1-2-3-4-16(13,14-7(11)5-9)15-8(12)6-10/h11-12H,2-6,9-10H2,1H3. The summed E-state index contributed by atoms with van der Waals surface area (Å²) >= 11 is 0. The lowest BCUT2D eigenvalue weighted by Crippen LogP contribution is -2.20. The normalized spacial score (nSPS) is 13.9. The van der Waals surface area contributed by atoms with Crippen molar-refractivity contribution < 1.29 is 13.6 Å². The molecular weight excluding hydrogens is 231 g/mol. The molecule has 0 aliphatic rings. The molecule has 8 heteroatoms. The van der Waals surface area contributed by atoms with Crippen LogP contribution in [0.3, 0.4) is 0 Å². The van der Waals surface area contributed by atoms with Crippen molar-refractivity contribution in [2.24, 2.45) is 11.5 Å². The molecule has 0 radical (unpaired) electrons. The second kappa shape index (κ2) is 7.38. The highest BCUT2D eigenvalue weighted by atomic mass is 31.2. The van der Waals surface area contributed by atoms with Crippen LogP contribution in [0.15, 0.2) is 0 Å². The van der Waals surface area contributed by atoms with Crippen molar-refractivity contribution in [3.8, 4) is 0 Å². The molecule has 0 saturated carbocycles. The molecule has 0 unspecified atom stereocenters. The van der Waals surface area contributed by atoms with Gasteiger partial charge in [-0.05, 0) is 6.42 Å². The van der Waals surface area contributed by atoms with Crippen LogP contribution in [-0.4, -0.2) is 31.0 Å². The largest absolute Gasteiger partial charge is 0.432 e. The van der Waals surface area contributed by atoms with Gasteiger partial charge < -0.3 is 20.5 Å². The predicted octanol–water partition coefficient (Wildman–Crippen LogP) is 0.885. The molecular formula is C8H19N4O3P. The zero-order valence-electron chi connectivity index (χ0n) is 9.36. The summed E-state index contributed by atoms with van der Waals surface area (Å²) in [6.07, 6.45) is 1.57. The first-order valence-electron chi connectivity index (χ1n) is 5.00. The second-order valence-electron chi connectivity index (χ2n) is 3.13. The van der Waals surface area contributed by atoms with Gasteiger partial charge in [-0.3, -0.25) is 10.8 Å². The first-order chi connectivity index (χ1) is 7.47. The van der Waals surface area contributed by atoms with Gasteiger partial charge in [0.25, 0.3) is 0 Å². The van der Waals surface area contributed by atoms with Crippen molar-refractivity contribution in [3.63, 3.8) is 0 Å². The first kappa shape index (κ1) is 15.1. The van der Waals surface area contributed by atoms with Crippen molar-refractivity contribution in [3.05, 3.63) is 0 Å². The number of hydrogen-bond donors (Lipinski definition) is 4. The molecule has 94 valence electrons. The van der Waals surface area contributed by atoms with Gasteiger partial charge >= 0.3 is 7.60 Å². The third-order valence-electron chi connectivity index (χ3n) is 1.65. The average molecular weight is 250 g/mol. The Kier molecular flexibility index (Phi) is 6.96. The lowest BCUT2D eigenvalue weighted by atomic mass is 10.4. The fraction of sp³-hybridized carbons (Fsp3) is 0.750. The van der Waals surface area contributed by atoms with Gasteiger partial charge in [-0.2, -0.15) is 0 Å². The van der Waals surface area contributed by atoms with E-state index in [-0.39, 0.29) is 31.0 Å². The Morgan fingerprint density at radius 1 is 1.19 bits per heavy atom. The number of nitrogens with one attached hydrogen (secondary N) is 2. The molecule has 0 rings (SSSR count). The van der Waals surface area contributed by atoms with E-state index < -0.39 is 7.60 Å². The summed E-state index contributed by atoms with van der Waals surface area (Å²) in [6.45, 7) is 1.61. The van der Waals surface area contributed by atoms with Gasteiger partial charge in [-0.15, -0.1) is 0 Å². The van der Waals surface area contributed by atoms with Crippen LogP contribution in [0.5, 0.6) is 0 Å². The van der Waals surface area contributed by atoms with E-state index in [4.69, 9.17) is 31.3 Å². The Morgan fingerprint density at radius 3 is 1.94 bits per heavy atom.